The van der Waals surface area contributed by atoms with Crippen LogP contribution in [0.15, 0.2) is 35.9 Å². The minimum atomic E-state index is -0.407. The van der Waals surface area contributed by atoms with Gasteiger partial charge < -0.3 is 4.74 Å². The molecule has 0 aromatic heterocycles. The molecule has 1 atom stereocenters. The van der Waals surface area contributed by atoms with Crippen molar-refractivity contribution in [2.45, 2.75) is 39.7 Å². The summed E-state index contributed by atoms with van der Waals surface area (Å²) in [4.78, 5) is 25.0. The van der Waals surface area contributed by atoms with Gasteiger partial charge in [0.15, 0.2) is 0 Å². The molecule has 1 unspecified atom stereocenters. The SMILES string of the molecule is CC.COC(C)CC1=Cc2ccc3c(c2C(=O)C1=O)C=CC=CC3. The van der Waals surface area contributed by atoms with Crippen LogP contribution in [0.4, 0.5) is 0 Å². The Hall–Kier alpha value is -2.26. The summed E-state index contributed by atoms with van der Waals surface area (Å²) in [6.07, 6.45) is 10.8. The second-order valence-corrected chi connectivity index (χ2v) is 5.67. The first-order valence-corrected chi connectivity index (χ1v) is 8.43. The van der Waals surface area contributed by atoms with Crippen LogP contribution >= 0.6 is 0 Å². The van der Waals surface area contributed by atoms with Crippen molar-refractivity contribution in [3.05, 3.63) is 58.2 Å². The zero-order chi connectivity index (χ0) is 17.7. The predicted octanol–water partition coefficient (Wildman–Crippen LogP) is 4.41. The van der Waals surface area contributed by atoms with E-state index >= 15 is 0 Å². The zero-order valence-electron chi connectivity index (χ0n) is 14.8. The van der Waals surface area contributed by atoms with Crippen LogP contribution in [-0.2, 0) is 16.0 Å². The van der Waals surface area contributed by atoms with E-state index < -0.39 is 11.6 Å². The lowest BCUT2D eigenvalue weighted by molar-refractivity contribution is -0.112. The average Bonchev–Trinajstić information content (AvgIpc) is 2.86. The third-order valence-corrected chi connectivity index (χ3v) is 4.18. The Bertz CT molecular complexity index is 736. The van der Waals surface area contributed by atoms with Crippen LogP contribution in [0.25, 0.3) is 12.2 Å². The third-order valence-electron chi connectivity index (χ3n) is 4.18. The molecular formula is C21H24O3. The molecule has 0 N–H and O–H groups in total. The highest BCUT2D eigenvalue weighted by Crippen LogP contribution is 2.31. The number of Topliss-reactive ketones (excluding diaryl/α,β-unsaturated/α-hetero) is 2. The van der Waals surface area contributed by atoms with Crippen LogP contribution in [-0.4, -0.2) is 24.8 Å². The molecule has 126 valence electrons. The Morgan fingerprint density at radius 3 is 2.58 bits per heavy atom. The van der Waals surface area contributed by atoms with Crippen LogP contribution in [0.3, 0.4) is 0 Å². The summed E-state index contributed by atoms with van der Waals surface area (Å²) >= 11 is 0. The molecule has 1 aromatic carbocycles. The van der Waals surface area contributed by atoms with E-state index in [9.17, 15) is 9.59 Å². The Labute approximate surface area is 143 Å². The summed E-state index contributed by atoms with van der Waals surface area (Å²) in [5.41, 5.74) is 3.84. The summed E-state index contributed by atoms with van der Waals surface area (Å²) in [6.45, 7) is 5.89. The van der Waals surface area contributed by atoms with E-state index in [0.717, 1.165) is 23.1 Å². The zero-order valence-corrected chi connectivity index (χ0v) is 14.8. The minimum Gasteiger partial charge on any atom is -0.381 e. The normalized spacial score (nSPS) is 16.4. The van der Waals surface area contributed by atoms with Gasteiger partial charge in [0, 0.05) is 24.7 Å². The van der Waals surface area contributed by atoms with E-state index in [4.69, 9.17) is 4.74 Å². The number of hydrogen-bond donors (Lipinski definition) is 0. The van der Waals surface area contributed by atoms with E-state index in [2.05, 4.69) is 0 Å². The van der Waals surface area contributed by atoms with Crippen molar-refractivity contribution >= 4 is 23.7 Å². The molecule has 0 spiro atoms. The van der Waals surface area contributed by atoms with E-state index in [1.165, 1.54) is 0 Å². The highest BCUT2D eigenvalue weighted by atomic mass is 16.5. The van der Waals surface area contributed by atoms with Crippen molar-refractivity contribution in [1.82, 2.24) is 0 Å². The molecule has 0 saturated carbocycles. The quantitative estimate of drug-likeness (QED) is 0.773. The van der Waals surface area contributed by atoms with E-state index in [1.54, 1.807) is 7.11 Å². The minimum absolute atomic E-state index is 0.0885. The molecule has 0 saturated heterocycles. The fraction of sp³-hybridized carbons (Fsp3) is 0.333. The highest BCUT2D eigenvalue weighted by molar-refractivity contribution is 6.52. The van der Waals surface area contributed by atoms with Crippen LogP contribution in [0.5, 0.6) is 0 Å². The van der Waals surface area contributed by atoms with Crippen molar-refractivity contribution in [3.63, 3.8) is 0 Å². The largest absolute Gasteiger partial charge is 0.381 e. The van der Waals surface area contributed by atoms with Gasteiger partial charge in [-0.2, -0.15) is 0 Å². The molecular weight excluding hydrogens is 300 g/mol. The van der Waals surface area contributed by atoms with Crippen molar-refractivity contribution < 1.29 is 14.3 Å². The van der Waals surface area contributed by atoms with Crippen LogP contribution in [0.1, 0.15) is 54.2 Å². The number of ketones is 2. The fourth-order valence-electron chi connectivity index (χ4n) is 2.90. The van der Waals surface area contributed by atoms with Crippen molar-refractivity contribution in [2.24, 2.45) is 0 Å². The van der Waals surface area contributed by atoms with Crippen molar-refractivity contribution in [1.29, 1.82) is 0 Å². The molecule has 3 heteroatoms. The molecule has 0 heterocycles. The van der Waals surface area contributed by atoms with E-state index in [0.29, 0.717) is 17.6 Å². The second-order valence-electron chi connectivity index (χ2n) is 5.67. The van der Waals surface area contributed by atoms with Gasteiger partial charge in [0.2, 0.25) is 11.6 Å². The van der Waals surface area contributed by atoms with Crippen molar-refractivity contribution in [2.75, 3.05) is 7.11 Å². The van der Waals surface area contributed by atoms with Crippen LogP contribution in [0, 0.1) is 0 Å². The van der Waals surface area contributed by atoms with E-state index in [-0.39, 0.29) is 6.10 Å². The van der Waals surface area contributed by atoms with Gasteiger partial charge in [-0.15, -0.1) is 0 Å². The Morgan fingerprint density at radius 1 is 1.12 bits per heavy atom. The molecule has 2 aliphatic carbocycles. The molecule has 0 radical (unpaired) electrons. The number of methoxy groups -OCH3 is 1. The van der Waals surface area contributed by atoms with Crippen LogP contribution < -0.4 is 0 Å². The molecule has 0 bridgehead atoms. The maximum absolute atomic E-state index is 12.6. The Morgan fingerprint density at radius 2 is 1.88 bits per heavy atom. The number of allylic oxidation sites excluding steroid dienone is 3. The first-order valence-electron chi connectivity index (χ1n) is 8.43. The van der Waals surface area contributed by atoms with Gasteiger partial charge in [-0.1, -0.05) is 50.3 Å². The summed E-state index contributed by atoms with van der Waals surface area (Å²) in [5.74, 6) is -0.811. The smallest absolute Gasteiger partial charge is 0.234 e. The molecule has 2 aliphatic rings. The molecule has 3 rings (SSSR count). The average molecular weight is 324 g/mol. The molecule has 0 fully saturated rings. The number of carbonyl (C=O) groups is 2. The number of fused-ring (bicyclic) bond motifs is 3. The molecule has 0 aliphatic heterocycles. The van der Waals surface area contributed by atoms with Crippen molar-refractivity contribution in [3.8, 4) is 0 Å². The lowest BCUT2D eigenvalue weighted by Gasteiger charge is -2.20. The monoisotopic (exact) mass is 324 g/mol. The molecule has 24 heavy (non-hydrogen) atoms. The maximum atomic E-state index is 12.6. The predicted molar refractivity (Wildman–Crippen MR) is 98.1 cm³/mol. The number of carbonyl (C=O) groups excluding carboxylic acids is 2. The summed E-state index contributed by atoms with van der Waals surface area (Å²) in [7, 11) is 1.60. The van der Waals surface area contributed by atoms with Gasteiger partial charge in [-0.25, -0.2) is 0 Å². The standard InChI is InChI=1S/C19H18O3.C2H6/c1-12(22-2)10-15-11-14-9-8-13-6-4-3-5-7-16(13)17(14)19(21)18(15)20;1-2/h3-5,7-9,11-12H,6,10H2,1-2H3;1-2H3. The number of hydrogen-bond acceptors (Lipinski definition) is 3. The third kappa shape index (κ3) is 3.46. The summed E-state index contributed by atoms with van der Waals surface area (Å²) in [6, 6.07) is 3.97. The summed E-state index contributed by atoms with van der Waals surface area (Å²) in [5, 5.41) is 0. The lowest BCUT2D eigenvalue weighted by atomic mass is 9.83. The molecule has 0 amide bonds. The van der Waals surface area contributed by atoms with Gasteiger partial charge in [-0.3, -0.25) is 9.59 Å². The first kappa shape index (κ1) is 18.1. The van der Waals surface area contributed by atoms with E-state index in [1.807, 2.05) is 63.3 Å². The van der Waals surface area contributed by atoms with Crippen LogP contribution in [0.2, 0.25) is 0 Å². The van der Waals surface area contributed by atoms with Gasteiger partial charge in [0.25, 0.3) is 0 Å². The first-order chi connectivity index (χ1) is 11.6. The lowest BCUT2D eigenvalue weighted by Crippen LogP contribution is -2.25. The van der Waals surface area contributed by atoms with Gasteiger partial charge in [0.05, 0.1) is 6.10 Å². The summed E-state index contributed by atoms with van der Waals surface area (Å²) < 4.78 is 5.21. The topological polar surface area (TPSA) is 43.4 Å². The van der Waals surface area contributed by atoms with Gasteiger partial charge in [-0.05, 0) is 36.1 Å². The second kappa shape index (κ2) is 8.02. The number of ether oxygens (including phenoxy) is 1. The fourth-order valence-corrected chi connectivity index (χ4v) is 2.90. The van der Waals surface area contributed by atoms with Gasteiger partial charge in [0.1, 0.15) is 0 Å². The van der Waals surface area contributed by atoms with Gasteiger partial charge >= 0.3 is 0 Å². The Balaban J connectivity index is 0.00000100. The molecule has 3 nitrogen and oxygen atoms in total. The number of rotatable bonds is 3. The Kier molecular flexibility index (Phi) is 6.04. The maximum Gasteiger partial charge on any atom is 0.234 e. The number of benzene rings is 1. The molecule has 1 aromatic rings. The highest BCUT2D eigenvalue weighted by Gasteiger charge is 2.30.